The van der Waals surface area contributed by atoms with E-state index in [9.17, 15) is 4.79 Å². The average Bonchev–Trinajstić information content (AvgIpc) is 2.55. The number of ether oxygens (including phenoxy) is 2. The second-order valence-corrected chi connectivity index (χ2v) is 6.00. The molecule has 1 atom stereocenters. The molecule has 0 aliphatic carbocycles. The smallest absolute Gasteiger partial charge is 0.227 e. The SMILES string of the molecule is Cc1ccccc1OC(C)CNC(=O)C1(CN)CCOCC1. The number of carbonyl (C=O) groups excluding carboxylic acids is 1. The lowest BCUT2D eigenvalue weighted by molar-refractivity contribution is -0.136. The first-order valence-electron chi connectivity index (χ1n) is 7.86. The Morgan fingerprint density at radius 3 is 2.73 bits per heavy atom. The Hall–Kier alpha value is -1.59. The quantitative estimate of drug-likeness (QED) is 0.838. The van der Waals surface area contributed by atoms with Crippen LogP contribution in [-0.4, -0.2) is 38.3 Å². The summed E-state index contributed by atoms with van der Waals surface area (Å²) in [6.45, 7) is 5.97. The fraction of sp³-hybridized carbons (Fsp3) is 0.588. The van der Waals surface area contributed by atoms with Crippen LogP contribution in [0.5, 0.6) is 5.75 Å². The number of benzene rings is 1. The first-order valence-corrected chi connectivity index (χ1v) is 7.86. The Labute approximate surface area is 132 Å². The van der Waals surface area contributed by atoms with Gasteiger partial charge in [0.25, 0.3) is 0 Å². The first-order chi connectivity index (χ1) is 10.6. The third-order valence-corrected chi connectivity index (χ3v) is 4.29. The van der Waals surface area contributed by atoms with E-state index in [1.807, 2.05) is 38.1 Å². The number of carbonyl (C=O) groups is 1. The summed E-state index contributed by atoms with van der Waals surface area (Å²) < 4.78 is 11.2. The molecule has 1 heterocycles. The summed E-state index contributed by atoms with van der Waals surface area (Å²) in [5.41, 5.74) is 6.44. The van der Waals surface area contributed by atoms with Gasteiger partial charge in [-0.05, 0) is 38.3 Å². The zero-order valence-corrected chi connectivity index (χ0v) is 13.4. The van der Waals surface area contributed by atoms with Crippen LogP contribution in [0.15, 0.2) is 24.3 Å². The van der Waals surface area contributed by atoms with Crippen LogP contribution in [0.2, 0.25) is 0 Å². The molecule has 0 spiro atoms. The Morgan fingerprint density at radius 1 is 1.41 bits per heavy atom. The maximum absolute atomic E-state index is 12.5. The molecule has 3 N–H and O–H groups in total. The molecule has 0 saturated carbocycles. The van der Waals surface area contributed by atoms with Crippen molar-refractivity contribution in [1.82, 2.24) is 5.32 Å². The maximum atomic E-state index is 12.5. The van der Waals surface area contributed by atoms with Gasteiger partial charge in [-0.25, -0.2) is 0 Å². The van der Waals surface area contributed by atoms with Crippen molar-refractivity contribution in [3.63, 3.8) is 0 Å². The number of para-hydroxylation sites is 1. The lowest BCUT2D eigenvalue weighted by Gasteiger charge is -2.34. The van der Waals surface area contributed by atoms with Crippen LogP contribution in [0.3, 0.4) is 0 Å². The molecule has 1 saturated heterocycles. The van der Waals surface area contributed by atoms with E-state index in [4.69, 9.17) is 15.2 Å². The van der Waals surface area contributed by atoms with Crippen LogP contribution in [0.4, 0.5) is 0 Å². The topological polar surface area (TPSA) is 73.6 Å². The van der Waals surface area contributed by atoms with Crippen LogP contribution in [0.1, 0.15) is 25.3 Å². The van der Waals surface area contributed by atoms with Gasteiger partial charge in [-0.1, -0.05) is 18.2 Å². The van der Waals surface area contributed by atoms with Gasteiger partial charge >= 0.3 is 0 Å². The number of amides is 1. The van der Waals surface area contributed by atoms with E-state index in [1.165, 1.54) is 0 Å². The van der Waals surface area contributed by atoms with Gasteiger partial charge in [0.15, 0.2) is 0 Å². The van der Waals surface area contributed by atoms with Crippen molar-refractivity contribution in [3.05, 3.63) is 29.8 Å². The fourth-order valence-corrected chi connectivity index (χ4v) is 2.66. The zero-order chi connectivity index (χ0) is 16.0. The first kappa shape index (κ1) is 16.8. The summed E-state index contributed by atoms with van der Waals surface area (Å²) in [4.78, 5) is 12.5. The van der Waals surface area contributed by atoms with E-state index in [0.717, 1.165) is 11.3 Å². The van der Waals surface area contributed by atoms with Crippen molar-refractivity contribution in [3.8, 4) is 5.75 Å². The summed E-state index contributed by atoms with van der Waals surface area (Å²) in [5, 5.41) is 2.98. The minimum Gasteiger partial charge on any atom is -0.489 e. The average molecular weight is 306 g/mol. The predicted molar refractivity (Wildman–Crippen MR) is 85.8 cm³/mol. The van der Waals surface area contributed by atoms with E-state index in [2.05, 4.69) is 5.32 Å². The standard InChI is InChI=1S/C17H26N2O3/c1-13-5-3-4-6-15(13)22-14(2)11-19-16(20)17(12-18)7-9-21-10-8-17/h3-6,14H,7-12,18H2,1-2H3,(H,19,20). The number of hydrogen-bond acceptors (Lipinski definition) is 4. The molecule has 122 valence electrons. The number of nitrogens with two attached hydrogens (primary N) is 1. The highest BCUT2D eigenvalue weighted by Gasteiger charge is 2.38. The second kappa shape index (κ2) is 7.61. The molecule has 1 aliphatic heterocycles. The van der Waals surface area contributed by atoms with Crippen LogP contribution >= 0.6 is 0 Å². The Balaban J connectivity index is 1.86. The lowest BCUT2D eigenvalue weighted by atomic mass is 9.79. The number of hydrogen-bond donors (Lipinski definition) is 2. The van der Waals surface area contributed by atoms with E-state index < -0.39 is 5.41 Å². The number of nitrogens with one attached hydrogen (secondary N) is 1. The fourth-order valence-electron chi connectivity index (χ4n) is 2.66. The van der Waals surface area contributed by atoms with Gasteiger partial charge in [-0.15, -0.1) is 0 Å². The van der Waals surface area contributed by atoms with Crippen molar-refractivity contribution in [1.29, 1.82) is 0 Å². The zero-order valence-electron chi connectivity index (χ0n) is 13.4. The van der Waals surface area contributed by atoms with E-state index in [-0.39, 0.29) is 12.0 Å². The second-order valence-electron chi connectivity index (χ2n) is 6.00. The summed E-state index contributed by atoms with van der Waals surface area (Å²) in [7, 11) is 0. The predicted octanol–water partition coefficient (Wildman–Crippen LogP) is 1.63. The molecular formula is C17H26N2O3. The molecule has 0 aromatic heterocycles. The monoisotopic (exact) mass is 306 g/mol. The van der Waals surface area contributed by atoms with Crippen LogP contribution in [0.25, 0.3) is 0 Å². The van der Waals surface area contributed by atoms with Crippen molar-refractivity contribution in [2.75, 3.05) is 26.3 Å². The van der Waals surface area contributed by atoms with Crippen LogP contribution in [0, 0.1) is 12.3 Å². The van der Waals surface area contributed by atoms with Crippen molar-refractivity contribution < 1.29 is 14.3 Å². The van der Waals surface area contributed by atoms with Crippen LogP contribution in [-0.2, 0) is 9.53 Å². The van der Waals surface area contributed by atoms with E-state index >= 15 is 0 Å². The van der Waals surface area contributed by atoms with Gasteiger partial charge in [0.2, 0.25) is 5.91 Å². The van der Waals surface area contributed by atoms with Crippen molar-refractivity contribution in [2.24, 2.45) is 11.1 Å². The molecule has 5 nitrogen and oxygen atoms in total. The highest BCUT2D eigenvalue weighted by Crippen LogP contribution is 2.29. The van der Waals surface area contributed by atoms with Gasteiger partial charge in [0.1, 0.15) is 11.9 Å². The molecule has 1 unspecified atom stereocenters. The maximum Gasteiger partial charge on any atom is 0.227 e. The number of aryl methyl sites for hydroxylation is 1. The highest BCUT2D eigenvalue weighted by atomic mass is 16.5. The Bertz CT molecular complexity index is 498. The highest BCUT2D eigenvalue weighted by molar-refractivity contribution is 5.83. The lowest BCUT2D eigenvalue weighted by Crippen LogP contribution is -2.50. The molecule has 1 aromatic rings. The summed E-state index contributed by atoms with van der Waals surface area (Å²) in [6, 6.07) is 7.86. The van der Waals surface area contributed by atoms with Crippen molar-refractivity contribution >= 4 is 5.91 Å². The van der Waals surface area contributed by atoms with E-state index in [1.54, 1.807) is 0 Å². The molecular weight excluding hydrogens is 280 g/mol. The Kier molecular flexibility index (Phi) is 5.80. The van der Waals surface area contributed by atoms with Gasteiger partial charge in [-0.3, -0.25) is 4.79 Å². The molecule has 1 fully saturated rings. The molecule has 2 rings (SSSR count). The normalized spacial score (nSPS) is 18.5. The van der Waals surface area contributed by atoms with Crippen LogP contribution < -0.4 is 15.8 Å². The third kappa shape index (κ3) is 3.99. The Morgan fingerprint density at radius 2 is 2.09 bits per heavy atom. The third-order valence-electron chi connectivity index (χ3n) is 4.29. The van der Waals surface area contributed by atoms with Gasteiger partial charge in [-0.2, -0.15) is 0 Å². The van der Waals surface area contributed by atoms with Gasteiger partial charge in [0, 0.05) is 19.8 Å². The molecule has 5 heteroatoms. The molecule has 1 aliphatic rings. The molecule has 0 radical (unpaired) electrons. The largest absolute Gasteiger partial charge is 0.489 e. The molecule has 0 bridgehead atoms. The van der Waals surface area contributed by atoms with E-state index in [0.29, 0.717) is 39.1 Å². The molecule has 22 heavy (non-hydrogen) atoms. The summed E-state index contributed by atoms with van der Waals surface area (Å²) in [5.74, 6) is 0.863. The molecule has 1 aromatic carbocycles. The molecule has 1 amide bonds. The summed E-state index contributed by atoms with van der Waals surface area (Å²) >= 11 is 0. The number of rotatable bonds is 6. The van der Waals surface area contributed by atoms with Gasteiger partial charge < -0.3 is 20.5 Å². The minimum atomic E-state index is -0.485. The van der Waals surface area contributed by atoms with Crippen molar-refractivity contribution in [2.45, 2.75) is 32.8 Å². The summed E-state index contributed by atoms with van der Waals surface area (Å²) in [6.07, 6.45) is 1.27. The van der Waals surface area contributed by atoms with Gasteiger partial charge in [0.05, 0.1) is 12.0 Å². The minimum absolute atomic E-state index is 0.0125.